The van der Waals surface area contributed by atoms with Crippen LogP contribution in [0.15, 0.2) is 36.4 Å². The minimum absolute atomic E-state index is 0.0164. The summed E-state index contributed by atoms with van der Waals surface area (Å²) in [7, 11) is 0. The van der Waals surface area contributed by atoms with E-state index in [2.05, 4.69) is 0 Å². The molecule has 1 aromatic carbocycles. The summed E-state index contributed by atoms with van der Waals surface area (Å²) in [6, 6.07) is 9.80. The molecule has 2 aliphatic rings. The first-order chi connectivity index (χ1) is 12.4. The molecule has 1 aromatic rings. The Labute approximate surface area is 155 Å². The fraction of sp³-hybridized carbons (Fsp3) is 0.524. The zero-order valence-corrected chi connectivity index (χ0v) is 15.6. The van der Waals surface area contributed by atoms with E-state index in [1.54, 1.807) is 13.0 Å². The molecule has 5 nitrogen and oxygen atoms in total. The molecule has 2 amide bonds. The Bertz CT molecular complexity index is 692. The SMILES string of the molecule is CC(=O)N1CC2(CCN(C(=O)/C=C/c3ccccc3)CC2)C[C@]1(C)CO. The van der Waals surface area contributed by atoms with E-state index in [0.29, 0.717) is 19.6 Å². The molecule has 1 spiro atoms. The number of hydrogen-bond acceptors (Lipinski definition) is 3. The topological polar surface area (TPSA) is 60.9 Å². The second-order valence-corrected chi connectivity index (χ2v) is 8.01. The molecule has 5 heteroatoms. The number of nitrogens with zero attached hydrogens (tertiary/aromatic N) is 2. The summed E-state index contributed by atoms with van der Waals surface area (Å²) in [5, 5.41) is 9.81. The minimum Gasteiger partial charge on any atom is -0.394 e. The van der Waals surface area contributed by atoms with Gasteiger partial charge in [-0.2, -0.15) is 0 Å². The van der Waals surface area contributed by atoms with Crippen molar-refractivity contribution in [1.29, 1.82) is 0 Å². The maximum absolute atomic E-state index is 12.5. The number of aliphatic hydroxyl groups is 1. The second-order valence-electron chi connectivity index (χ2n) is 8.01. The van der Waals surface area contributed by atoms with Crippen LogP contribution in [0.3, 0.4) is 0 Å². The average Bonchev–Trinajstić information content (AvgIpc) is 2.94. The molecular formula is C21H28N2O3. The highest BCUT2D eigenvalue weighted by molar-refractivity contribution is 5.91. The Kier molecular flexibility index (Phi) is 5.19. The Hall–Kier alpha value is -2.14. The molecule has 0 bridgehead atoms. The van der Waals surface area contributed by atoms with Crippen LogP contribution >= 0.6 is 0 Å². The van der Waals surface area contributed by atoms with Crippen molar-refractivity contribution in [3.8, 4) is 0 Å². The molecule has 0 unspecified atom stereocenters. The highest BCUT2D eigenvalue weighted by Crippen LogP contribution is 2.47. The Balaban J connectivity index is 1.61. The largest absolute Gasteiger partial charge is 0.394 e. The highest BCUT2D eigenvalue weighted by atomic mass is 16.3. The first-order valence-corrected chi connectivity index (χ1v) is 9.29. The lowest BCUT2D eigenvalue weighted by molar-refractivity contribution is -0.134. The molecule has 2 fully saturated rings. The van der Waals surface area contributed by atoms with Crippen molar-refractivity contribution < 1.29 is 14.7 Å². The molecule has 0 aliphatic carbocycles. The smallest absolute Gasteiger partial charge is 0.246 e. The molecular weight excluding hydrogens is 328 g/mol. The molecule has 26 heavy (non-hydrogen) atoms. The summed E-state index contributed by atoms with van der Waals surface area (Å²) in [5.41, 5.74) is 0.551. The summed E-state index contributed by atoms with van der Waals surface area (Å²) in [6.45, 7) is 5.59. The van der Waals surface area contributed by atoms with Crippen molar-refractivity contribution in [2.24, 2.45) is 5.41 Å². The van der Waals surface area contributed by atoms with Crippen molar-refractivity contribution >= 4 is 17.9 Å². The van der Waals surface area contributed by atoms with Gasteiger partial charge in [0.15, 0.2) is 0 Å². The highest BCUT2D eigenvalue weighted by Gasteiger charge is 2.52. The van der Waals surface area contributed by atoms with Gasteiger partial charge >= 0.3 is 0 Å². The van der Waals surface area contributed by atoms with Gasteiger partial charge in [-0.3, -0.25) is 9.59 Å². The maximum Gasteiger partial charge on any atom is 0.246 e. The van der Waals surface area contributed by atoms with Crippen molar-refractivity contribution in [2.45, 2.75) is 38.6 Å². The lowest BCUT2D eigenvalue weighted by Crippen LogP contribution is -2.46. The van der Waals surface area contributed by atoms with E-state index in [9.17, 15) is 14.7 Å². The van der Waals surface area contributed by atoms with Crippen LogP contribution in [0.5, 0.6) is 0 Å². The monoisotopic (exact) mass is 356 g/mol. The maximum atomic E-state index is 12.5. The van der Waals surface area contributed by atoms with Gasteiger partial charge in [0.2, 0.25) is 11.8 Å². The third-order valence-electron chi connectivity index (χ3n) is 5.98. The van der Waals surface area contributed by atoms with E-state index in [1.165, 1.54) is 0 Å². The van der Waals surface area contributed by atoms with Crippen LogP contribution in [-0.2, 0) is 9.59 Å². The van der Waals surface area contributed by atoms with Crippen LogP contribution in [0.4, 0.5) is 0 Å². The summed E-state index contributed by atoms with van der Waals surface area (Å²) in [4.78, 5) is 28.2. The summed E-state index contributed by atoms with van der Waals surface area (Å²) in [5.74, 6) is 0.0535. The molecule has 3 rings (SSSR count). The molecule has 2 aliphatic heterocycles. The number of hydrogen-bond donors (Lipinski definition) is 1. The summed E-state index contributed by atoms with van der Waals surface area (Å²) >= 11 is 0. The van der Waals surface area contributed by atoms with Gasteiger partial charge in [0, 0.05) is 32.6 Å². The molecule has 0 aromatic heterocycles. The van der Waals surface area contributed by atoms with Gasteiger partial charge in [0.1, 0.15) is 0 Å². The Morgan fingerprint density at radius 2 is 1.85 bits per heavy atom. The van der Waals surface area contributed by atoms with Gasteiger partial charge in [0.05, 0.1) is 12.1 Å². The fourth-order valence-electron chi connectivity index (χ4n) is 4.49. The van der Waals surface area contributed by atoms with Crippen LogP contribution in [-0.4, -0.2) is 58.5 Å². The van der Waals surface area contributed by atoms with Gasteiger partial charge in [0.25, 0.3) is 0 Å². The molecule has 2 saturated heterocycles. The van der Waals surface area contributed by atoms with Crippen molar-refractivity contribution in [1.82, 2.24) is 9.80 Å². The van der Waals surface area contributed by atoms with Gasteiger partial charge in [-0.1, -0.05) is 30.3 Å². The third-order valence-corrected chi connectivity index (χ3v) is 5.98. The zero-order chi connectivity index (χ0) is 18.8. The Morgan fingerprint density at radius 3 is 2.38 bits per heavy atom. The first kappa shape index (κ1) is 18.6. The summed E-state index contributed by atoms with van der Waals surface area (Å²) < 4.78 is 0. The van der Waals surface area contributed by atoms with E-state index in [4.69, 9.17) is 0 Å². The molecule has 1 N–H and O–H groups in total. The molecule has 1 atom stereocenters. The standard InChI is InChI=1S/C21H28N2O3/c1-17(25)23-15-21(14-20(23,2)16-24)10-12-22(13-11-21)19(26)9-8-18-6-4-3-5-7-18/h3-9,24H,10-16H2,1-2H3/b9-8+/t20-/m1/s1. The number of likely N-dealkylation sites (tertiary alicyclic amines) is 2. The van der Waals surface area contributed by atoms with E-state index >= 15 is 0 Å². The van der Waals surface area contributed by atoms with Crippen LogP contribution < -0.4 is 0 Å². The number of rotatable bonds is 3. The molecule has 140 valence electrons. The number of benzene rings is 1. The van der Waals surface area contributed by atoms with E-state index in [0.717, 1.165) is 24.8 Å². The van der Waals surface area contributed by atoms with E-state index in [-0.39, 0.29) is 23.8 Å². The van der Waals surface area contributed by atoms with Gasteiger partial charge in [-0.25, -0.2) is 0 Å². The van der Waals surface area contributed by atoms with Crippen LogP contribution in [0.25, 0.3) is 6.08 Å². The van der Waals surface area contributed by atoms with Crippen molar-refractivity contribution in [3.05, 3.63) is 42.0 Å². The number of carbonyl (C=O) groups excluding carboxylic acids is 2. The number of amides is 2. The molecule has 0 saturated carbocycles. The predicted octanol–water partition coefficient (Wildman–Crippen LogP) is 2.31. The number of piperidine rings is 1. The quantitative estimate of drug-likeness (QED) is 0.846. The number of carbonyl (C=O) groups is 2. The van der Waals surface area contributed by atoms with Crippen LogP contribution in [0.2, 0.25) is 0 Å². The average molecular weight is 356 g/mol. The van der Waals surface area contributed by atoms with E-state index < -0.39 is 5.54 Å². The van der Waals surface area contributed by atoms with Gasteiger partial charge in [-0.15, -0.1) is 0 Å². The lowest BCUT2D eigenvalue weighted by atomic mass is 9.74. The fourth-order valence-corrected chi connectivity index (χ4v) is 4.49. The van der Waals surface area contributed by atoms with E-state index in [1.807, 2.05) is 53.1 Å². The van der Waals surface area contributed by atoms with Crippen LogP contribution in [0, 0.1) is 5.41 Å². The Morgan fingerprint density at radius 1 is 1.19 bits per heavy atom. The second kappa shape index (κ2) is 7.23. The summed E-state index contributed by atoms with van der Waals surface area (Å²) in [6.07, 6.45) is 6.04. The minimum atomic E-state index is -0.481. The van der Waals surface area contributed by atoms with Gasteiger partial charge in [-0.05, 0) is 43.2 Å². The third kappa shape index (κ3) is 3.68. The van der Waals surface area contributed by atoms with Gasteiger partial charge < -0.3 is 14.9 Å². The lowest BCUT2D eigenvalue weighted by Gasteiger charge is -2.39. The number of aliphatic hydroxyl groups excluding tert-OH is 1. The first-order valence-electron chi connectivity index (χ1n) is 9.29. The van der Waals surface area contributed by atoms with Crippen LogP contribution in [0.1, 0.15) is 38.7 Å². The normalized spacial score (nSPS) is 25.2. The molecule has 0 radical (unpaired) electrons. The predicted molar refractivity (Wildman–Crippen MR) is 101 cm³/mol. The van der Waals surface area contributed by atoms with Crippen molar-refractivity contribution in [2.75, 3.05) is 26.2 Å². The van der Waals surface area contributed by atoms with Crippen molar-refractivity contribution in [3.63, 3.8) is 0 Å². The molecule has 2 heterocycles. The zero-order valence-electron chi connectivity index (χ0n) is 15.6.